The summed E-state index contributed by atoms with van der Waals surface area (Å²) in [5.74, 6) is -6.62. The average Bonchev–Trinajstić information content (AvgIpc) is 3.83. The number of aromatic nitrogens is 1. The Kier molecular flexibility index (Phi) is 17.7. The second-order valence-electron chi connectivity index (χ2n) is 17.6. The topological polar surface area (TPSA) is 107 Å². The second-order valence-corrected chi connectivity index (χ2v) is 17.6. The fourth-order valence-electron chi connectivity index (χ4n) is 8.27. The summed E-state index contributed by atoms with van der Waals surface area (Å²) in [6, 6.07) is 56.5. The number of hydrogen-bond acceptors (Lipinski definition) is 6. The minimum Gasteiger partial charge on any atom is -0.341 e. The lowest BCUT2D eigenvalue weighted by atomic mass is 9.98. The van der Waals surface area contributed by atoms with Gasteiger partial charge in [0.25, 0.3) is 0 Å². The highest BCUT2D eigenvalue weighted by Crippen LogP contribution is 2.32. The molecule has 0 aliphatic carbocycles. The minimum atomic E-state index is -4.99. The van der Waals surface area contributed by atoms with Crippen LogP contribution in [0.4, 0.5) is 39.5 Å². The summed E-state index contributed by atoms with van der Waals surface area (Å²) < 4.78 is 113. The van der Waals surface area contributed by atoms with Crippen molar-refractivity contribution in [3.63, 3.8) is 0 Å². The van der Waals surface area contributed by atoms with Gasteiger partial charge in [-0.05, 0) is 76.7 Å². The molecule has 0 amide bonds. The number of nitrogens with zero attached hydrogens (tertiary/aromatic N) is 1. The number of carbonyl (C=O) groups excluding carboxylic acids is 6. The molecule has 78 heavy (non-hydrogen) atoms. The Hall–Kier alpha value is -9.05. The second kappa shape index (κ2) is 24.3. The standard InChI is InChI=1S/C24H18F3NO2.C22H15F3O2.C16H11F3O2/c1-2-28-20-6-4-3-5-18(20)19-13-16(9-12-21(19)28)23(30)14-22(29)15-7-10-17(11-8-15)24(25,26)27;23-22(24,25)21(27)14-20(26)19-12-10-18(11-13-19)17-8-6-16(7-9-17)15-4-2-1-3-5-15;17-16(18,19)15(21)10-14(20)13-8-6-12(7-9-13)11-4-2-1-3-5-11/h3-13H,2,14H2,1H3;1-13H,14H2;1-9H,10H2. The van der Waals surface area contributed by atoms with Crippen molar-refractivity contribution in [1.29, 1.82) is 0 Å². The van der Waals surface area contributed by atoms with Gasteiger partial charge in [-0.3, -0.25) is 28.8 Å². The number of aryl methyl sites for hydroxylation is 1. The first-order valence-electron chi connectivity index (χ1n) is 23.9. The van der Waals surface area contributed by atoms with Gasteiger partial charge in [0.05, 0.1) is 24.8 Å². The van der Waals surface area contributed by atoms with E-state index in [9.17, 15) is 68.3 Å². The fourth-order valence-corrected chi connectivity index (χ4v) is 8.27. The highest BCUT2D eigenvalue weighted by molar-refractivity contribution is 6.16. The Morgan fingerprint density at radius 3 is 1.06 bits per heavy atom. The van der Waals surface area contributed by atoms with Crippen molar-refractivity contribution >= 4 is 56.5 Å². The number of ketones is 6. The average molecular weight is 1070 g/mol. The van der Waals surface area contributed by atoms with Crippen molar-refractivity contribution in [2.45, 2.75) is 51.3 Å². The summed E-state index contributed by atoms with van der Waals surface area (Å²) in [7, 11) is 0. The molecule has 9 aromatic rings. The van der Waals surface area contributed by atoms with E-state index in [1.165, 1.54) is 24.3 Å². The maximum absolute atomic E-state index is 12.7. The molecule has 0 unspecified atom stereocenters. The first-order chi connectivity index (χ1) is 37.0. The van der Waals surface area contributed by atoms with E-state index in [1.54, 1.807) is 36.4 Å². The van der Waals surface area contributed by atoms with Crippen LogP contribution in [-0.4, -0.2) is 51.6 Å². The van der Waals surface area contributed by atoms with E-state index < -0.39 is 72.3 Å². The molecule has 1 aromatic heterocycles. The number of carbonyl (C=O) groups is 6. The zero-order chi connectivity index (χ0) is 56.4. The van der Waals surface area contributed by atoms with E-state index in [2.05, 4.69) is 4.57 Å². The molecule has 1 heterocycles. The van der Waals surface area contributed by atoms with Crippen LogP contribution >= 0.6 is 0 Å². The minimum absolute atomic E-state index is 0.0808. The van der Waals surface area contributed by atoms with Crippen LogP contribution in [0.15, 0.2) is 200 Å². The van der Waals surface area contributed by atoms with Gasteiger partial charge in [0, 0.05) is 50.6 Å². The number of fused-ring (bicyclic) bond motifs is 3. The van der Waals surface area contributed by atoms with Gasteiger partial charge < -0.3 is 4.57 Å². The van der Waals surface area contributed by atoms with Crippen LogP contribution in [0.3, 0.4) is 0 Å². The number of halogens is 9. The zero-order valence-corrected chi connectivity index (χ0v) is 41.2. The Labute approximate surface area is 440 Å². The lowest BCUT2D eigenvalue weighted by Crippen LogP contribution is -2.25. The summed E-state index contributed by atoms with van der Waals surface area (Å²) in [5.41, 5.74) is 7.58. The van der Waals surface area contributed by atoms with E-state index in [0.717, 1.165) is 86.0 Å². The van der Waals surface area contributed by atoms with Crippen molar-refractivity contribution in [2.24, 2.45) is 0 Å². The lowest BCUT2D eigenvalue weighted by molar-refractivity contribution is -0.170. The molecule has 0 aliphatic heterocycles. The molecular formula is C62H44F9NO6. The molecule has 0 N–H and O–H groups in total. The van der Waals surface area contributed by atoms with E-state index in [4.69, 9.17) is 0 Å². The third-order valence-electron chi connectivity index (χ3n) is 12.4. The summed E-state index contributed by atoms with van der Waals surface area (Å²) in [4.78, 5) is 70.3. The number of alkyl halides is 9. The third kappa shape index (κ3) is 14.2. The number of benzene rings is 8. The van der Waals surface area contributed by atoms with Crippen molar-refractivity contribution in [1.82, 2.24) is 4.57 Å². The molecule has 0 aliphatic rings. The Morgan fingerprint density at radius 1 is 0.346 bits per heavy atom. The molecule has 0 saturated carbocycles. The van der Waals surface area contributed by atoms with Crippen molar-refractivity contribution in [2.75, 3.05) is 0 Å². The van der Waals surface area contributed by atoms with Crippen molar-refractivity contribution in [3.05, 3.63) is 228 Å². The number of hydrogen-bond donors (Lipinski definition) is 0. The van der Waals surface area contributed by atoms with Gasteiger partial charge in [-0.25, -0.2) is 0 Å². The number of rotatable bonds is 14. The van der Waals surface area contributed by atoms with Gasteiger partial charge in [0.15, 0.2) is 23.1 Å². The van der Waals surface area contributed by atoms with Crippen LogP contribution in [0.2, 0.25) is 0 Å². The van der Waals surface area contributed by atoms with E-state index in [-0.39, 0.29) is 22.5 Å². The molecule has 0 radical (unpaired) electrons. The van der Waals surface area contributed by atoms with Gasteiger partial charge in [0.2, 0.25) is 11.6 Å². The predicted octanol–water partition coefficient (Wildman–Crippen LogP) is 16.1. The molecule has 0 spiro atoms. The molecule has 0 saturated heterocycles. The van der Waals surface area contributed by atoms with Crippen LogP contribution in [0, 0.1) is 0 Å². The van der Waals surface area contributed by atoms with Gasteiger partial charge in [0.1, 0.15) is 0 Å². The summed E-state index contributed by atoms with van der Waals surface area (Å²) in [5, 5.41) is 1.96. The molecule has 16 heteroatoms. The molecule has 9 rings (SSSR count). The van der Waals surface area contributed by atoms with E-state index in [0.29, 0.717) is 5.56 Å². The first kappa shape index (κ1) is 56.7. The van der Waals surface area contributed by atoms with E-state index >= 15 is 0 Å². The zero-order valence-electron chi connectivity index (χ0n) is 41.2. The fraction of sp³-hybridized carbons (Fsp3) is 0.129. The molecule has 0 bridgehead atoms. The Morgan fingerprint density at radius 2 is 0.667 bits per heavy atom. The van der Waals surface area contributed by atoms with E-state index in [1.807, 2.05) is 122 Å². The summed E-state index contributed by atoms with van der Waals surface area (Å²) >= 11 is 0. The van der Waals surface area contributed by atoms with Gasteiger partial charge in [-0.1, -0.05) is 164 Å². The van der Waals surface area contributed by atoms with Crippen molar-refractivity contribution < 1.29 is 68.3 Å². The van der Waals surface area contributed by atoms with Gasteiger partial charge in [-0.15, -0.1) is 0 Å². The maximum atomic E-state index is 12.7. The molecule has 0 fully saturated rings. The van der Waals surface area contributed by atoms with Crippen LogP contribution in [-0.2, 0) is 22.3 Å². The maximum Gasteiger partial charge on any atom is 0.450 e. The largest absolute Gasteiger partial charge is 0.450 e. The quantitative estimate of drug-likeness (QED) is 0.0610. The SMILES string of the molecule is CCn1c2ccccc2c2cc(C(=O)CC(=O)c3ccc(C(F)(F)F)cc3)ccc21.O=C(CC(=O)C(F)(F)F)c1ccc(-c2ccc(-c3ccccc3)cc2)cc1.O=C(CC(=O)C(F)(F)F)c1ccc(-c2ccccc2)cc1. The molecular weight excluding hydrogens is 1030 g/mol. The van der Waals surface area contributed by atoms with Crippen molar-refractivity contribution in [3.8, 4) is 33.4 Å². The first-order valence-corrected chi connectivity index (χ1v) is 23.9. The third-order valence-corrected chi connectivity index (χ3v) is 12.4. The highest BCUT2D eigenvalue weighted by Gasteiger charge is 2.40. The smallest absolute Gasteiger partial charge is 0.341 e. The lowest BCUT2D eigenvalue weighted by Gasteiger charge is -2.07. The summed E-state index contributed by atoms with van der Waals surface area (Å²) in [6.45, 7) is 2.83. The monoisotopic (exact) mass is 1070 g/mol. The Balaban J connectivity index is 0.000000172. The molecule has 0 atom stereocenters. The van der Waals surface area contributed by atoms with Crippen LogP contribution in [0.25, 0.3) is 55.2 Å². The number of para-hydroxylation sites is 1. The van der Waals surface area contributed by atoms with Gasteiger partial charge in [-0.2, -0.15) is 39.5 Å². The normalized spacial score (nSPS) is 11.5. The van der Waals surface area contributed by atoms with Crippen LogP contribution in [0.5, 0.6) is 0 Å². The Bertz CT molecular complexity index is 3600. The predicted molar refractivity (Wildman–Crippen MR) is 279 cm³/mol. The van der Waals surface area contributed by atoms with Crippen LogP contribution in [0.1, 0.15) is 73.2 Å². The summed E-state index contributed by atoms with van der Waals surface area (Å²) in [6.07, 6.45) is -17.2. The molecule has 8 aromatic carbocycles. The molecule has 7 nitrogen and oxygen atoms in total. The number of Topliss-reactive ketones (excluding diaryl/α,β-unsaturated/α-hetero) is 6. The van der Waals surface area contributed by atoms with Crippen LogP contribution < -0.4 is 0 Å². The molecule has 396 valence electrons. The highest BCUT2D eigenvalue weighted by atomic mass is 19.4. The van der Waals surface area contributed by atoms with Gasteiger partial charge >= 0.3 is 18.5 Å².